The number of rotatable bonds is 5. The minimum Gasteiger partial charge on any atom is -0.486 e. The standard InChI is InChI=1S/C23H31N5O3/c1-26-12-11-24-21(26)17-31-20-9-7-18(8-10-20)22(29)27-13-15-28(16-14-27)23(30)25-19-5-3-2-4-6-19/h7-12,19H,2-6,13-17H2,1H3,(H,25,30). The number of hydrogen-bond donors (Lipinski definition) is 1. The van der Waals surface area contributed by atoms with Gasteiger partial charge in [0.15, 0.2) is 0 Å². The monoisotopic (exact) mass is 425 g/mol. The molecule has 3 amide bonds. The molecule has 1 aliphatic heterocycles. The van der Waals surface area contributed by atoms with Crippen LogP contribution in [0.4, 0.5) is 4.79 Å². The smallest absolute Gasteiger partial charge is 0.317 e. The van der Waals surface area contributed by atoms with Gasteiger partial charge in [-0.1, -0.05) is 19.3 Å². The number of benzene rings is 1. The Morgan fingerprint density at radius 2 is 1.71 bits per heavy atom. The van der Waals surface area contributed by atoms with Gasteiger partial charge < -0.3 is 24.4 Å². The Bertz CT molecular complexity index is 881. The number of aromatic nitrogens is 2. The van der Waals surface area contributed by atoms with Gasteiger partial charge in [-0.3, -0.25) is 4.79 Å². The molecule has 0 radical (unpaired) electrons. The third-order valence-corrected chi connectivity index (χ3v) is 6.18. The Morgan fingerprint density at radius 3 is 2.35 bits per heavy atom. The number of urea groups is 1. The Balaban J connectivity index is 1.24. The topological polar surface area (TPSA) is 79.7 Å². The molecule has 1 saturated carbocycles. The summed E-state index contributed by atoms with van der Waals surface area (Å²) < 4.78 is 7.66. The maximum Gasteiger partial charge on any atom is 0.317 e. The molecule has 31 heavy (non-hydrogen) atoms. The molecule has 2 aliphatic rings. The second kappa shape index (κ2) is 9.85. The second-order valence-corrected chi connectivity index (χ2v) is 8.33. The van der Waals surface area contributed by atoms with E-state index in [1.807, 2.05) is 39.7 Å². The summed E-state index contributed by atoms with van der Waals surface area (Å²) in [6.45, 7) is 2.61. The molecule has 0 spiro atoms. The van der Waals surface area contributed by atoms with E-state index in [0.29, 0.717) is 50.1 Å². The zero-order valence-electron chi connectivity index (χ0n) is 18.1. The average Bonchev–Trinajstić information content (AvgIpc) is 3.23. The summed E-state index contributed by atoms with van der Waals surface area (Å²) in [5.41, 5.74) is 0.629. The fourth-order valence-corrected chi connectivity index (χ4v) is 4.19. The lowest BCUT2D eigenvalue weighted by Crippen LogP contribution is -2.54. The number of ether oxygens (including phenoxy) is 1. The molecule has 2 aromatic rings. The van der Waals surface area contributed by atoms with Crippen LogP contribution in [-0.4, -0.2) is 63.5 Å². The van der Waals surface area contributed by atoms with E-state index >= 15 is 0 Å². The van der Waals surface area contributed by atoms with Crippen LogP contribution in [0.2, 0.25) is 0 Å². The van der Waals surface area contributed by atoms with Crippen LogP contribution in [0, 0.1) is 0 Å². The molecular formula is C23H31N5O3. The van der Waals surface area contributed by atoms with E-state index < -0.39 is 0 Å². The number of aryl methyl sites for hydroxylation is 1. The van der Waals surface area contributed by atoms with Crippen molar-refractivity contribution in [3.63, 3.8) is 0 Å². The summed E-state index contributed by atoms with van der Waals surface area (Å²) in [6, 6.07) is 7.51. The number of carbonyl (C=O) groups excluding carboxylic acids is 2. The number of piperazine rings is 1. The summed E-state index contributed by atoms with van der Waals surface area (Å²) >= 11 is 0. The summed E-state index contributed by atoms with van der Waals surface area (Å²) in [6.07, 6.45) is 9.42. The van der Waals surface area contributed by atoms with Crippen LogP contribution in [-0.2, 0) is 13.7 Å². The number of nitrogens with one attached hydrogen (secondary N) is 1. The van der Waals surface area contributed by atoms with Crippen LogP contribution in [0.3, 0.4) is 0 Å². The van der Waals surface area contributed by atoms with Crippen LogP contribution < -0.4 is 10.1 Å². The first-order valence-electron chi connectivity index (χ1n) is 11.1. The lowest BCUT2D eigenvalue weighted by Gasteiger charge is -2.36. The van der Waals surface area contributed by atoms with E-state index in [0.717, 1.165) is 18.7 Å². The Kier molecular flexibility index (Phi) is 6.74. The number of hydrogen-bond acceptors (Lipinski definition) is 4. The van der Waals surface area contributed by atoms with E-state index in [2.05, 4.69) is 10.3 Å². The molecule has 8 nitrogen and oxygen atoms in total. The molecule has 1 aliphatic carbocycles. The van der Waals surface area contributed by atoms with Crippen molar-refractivity contribution < 1.29 is 14.3 Å². The van der Waals surface area contributed by atoms with E-state index in [4.69, 9.17) is 4.74 Å². The fourth-order valence-electron chi connectivity index (χ4n) is 4.19. The summed E-state index contributed by atoms with van der Waals surface area (Å²) in [5.74, 6) is 1.53. The summed E-state index contributed by atoms with van der Waals surface area (Å²) in [4.78, 5) is 33.2. The third kappa shape index (κ3) is 5.37. The minimum absolute atomic E-state index is 0.00760. The first-order valence-corrected chi connectivity index (χ1v) is 11.1. The maximum absolute atomic E-state index is 12.8. The van der Waals surface area contributed by atoms with Crippen LogP contribution in [0.1, 0.15) is 48.3 Å². The van der Waals surface area contributed by atoms with Crippen molar-refractivity contribution in [3.05, 3.63) is 48.0 Å². The number of carbonyl (C=O) groups is 2. The molecule has 4 rings (SSSR count). The zero-order chi connectivity index (χ0) is 21.6. The fraction of sp³-hybridized carbons (Fsp3) is 0.522. The van der Waals surface area contributed by atoms with Crippen molar-refractivity contribution in [2.45, 2.75) is 44.8 Å². The van der Waals surface area contributed by atoms with Gasteiger partial charge in [-0.25, -0.2) is 9.78 Å². The van der Waals surface area contributed by atoms with E-state index in [1.165, 1.54) is 19.3 Å². The minimum atomic E-state index is -0.0111. The largest absolute Gasteiger partial charge is 0.486 e. The zero-order valence-corrected chi connectivity index (χ0v) is 18.1. The Labute approximate surface area is 183 Å². The van der Waals surface area contributed by atoms with Crippen molar-refractivity contribution in [2.24, 2.45) is 7.05 Å². The van der Waals surface area contributed by atoms with Crippen molar-refractivity contribution in [1.82, 2.24) is 24.7 Å². The lowest BCUT2D eigenvalue weighted by molar-refractivity contribution is 0.0662. The van der Waals surface area contributed by atoms with Crippen LogP contribution in [0.5, 0.6) is 5.75 Å². The van der Waals surface area contributed by atoms with Gasteiger partial charge in [0.2, 0.25) is 0 Å². The highest BCUT2D eigenvalue weighted by Crippen LogP contribution is 2.19. The van der Waals surface area contributed by atoms with E-state index in [1.54, 1.807) is 18.3 Å². The van der Waals surface area contributed by atoms with Gasteiger partial charge in [-0.15, -0.1) is 0 Å². The highest BCUT2D eigenvalue weighted by atomic mass is 16.5. The van der Waals surface area contributed by atoms with E-state index in [9.17, 15) is 9.59 Å². The predicted molar refractivity (Wildman–Crippen MR) is 117 cm³/mol. The Hall–Kier alpha value is -3.03. The molecule has 1 saturated heterocycles. The first kappa shape index (κ1) is 21.2. The molecule has 0 unspecified atom stereocenters. The maximum atomic E-state index is 12.8. The lowest BCUT2D eigenvalue weighted by atomic mass is 9.96. The normalized spacial score (nSPS) is 17.5. The first-order chi connectivity index (χ1) is 15.1. The third-order valence-electron chi connectivity index (χ3n) is 6.18. The number of imidazole rings is 1. The molecule has 8 heteroatoms. The number of amides is 3. The van der Waals surface area contributed by atoms with Gasteiger partial charge >= 0.3 is 6.03 Å². The molecular weight excluding hydrogens is 394 g/mol. The molecule has 2 heterocycles. The van der Waals surface area contributed by atoms with E-state index in [-0.39, 0.29) is 11.9 Å². The summed E-state index contributed by atoms with van der Waals surface area (Å²) in [5, 5.41) is 3.16. The molecule has 1 aromatic heterocycles. The molecule has 2 fully saturated rings. The molecule has 1 N–H and O–H groups in total. The highest BCUT2D eigenvalue weighted by molar-refractivity contribution is 5.94. The second-order valence-electron chi connectivity index (χ2n) is 8.33. The average molecular weight is 426 g/mol. The van der Waals surface area contributed by atoms with Crippen molar-refractivity contribution in [3.8, 4) is 5.75 Å². The highest BCUT2D eigenvalue weighted by Gasteiger charge is 2.26. The summed E-state index contributed by atoms with van der Waals surface area (Å²) in [7, 11) is 1.92. The van der Waals surface area contributed by atoms with Gasteiger partial charge in [0.05, 0.1) is 0 Å². The van der Waals surface area contributed by atoms with Crippen molar-refractivity contribution >= 4 is 11.9 Å². The Morgan fingerprint density at radius 1 is 1.03 bits per heavy atom. The van der Waals surface area contributed by atoms with Gasteiger partial charge in [0.25, 0.3) is 5.91 Å². The predicted octanol–water partition coefficient (Wildman–Crippen LogP) is 2.80. The van der Waals surface area contributed by atoms with Crippen molar-refractivity contribution in [2.75, 3.05) is 26.2 Å². The van der Waals surface area contributed by atoms with Crippen molar-refractivity contribution in [1.29, 1.82) is 0 Å². The van der Waals surface area contributed by atoms with Gasteiger partial charge in [-0.05, 0) is 37.1 Å². The van der Waals surface area contributed by atoms with Crippen LogP contribution in [0.15, 0.2) is 36.7 Å². The molecule has 166 valence electrons. The quantitative estimate of drug-likeness (QED) is 0.799. The van der Waals surface area contributed by atoms with Crippen LogP contribution >= 0.6 is 0 Å². The molecule has 0 bridgehead atoms. The molecule has 0 atom stereocenters. The van der Waals surface area contributed by atoms with Gasteiger partial charge in [0, 0.05) is 57.2 Å². The number of nitrogens with zero attached hydrogens (tertiary/aromatic N) is 4. The van der Waals surface area contributed by atoms with Gasteiger partial charge in [-0.2, -0.15) is 0 Å². The van der Waals surface area contributed by atoms with Gasteiger partial charge in [0.1, 0.15) is 18.2 Å². The molecule has 1 aromatic carbocycles. The van der Waals surface area contributed by atoms with Crippen LogP contribution in [0.25, 0.3) is 0 Å². The SMILES string of the molecule is Cn1ccnc1COc1ccc(C(=O)N2CCN(C(=O)NC3CCCCC3)CC2)cc1.